The third kappa shape index (κ3) is 6.35. The summed E-state index contributed by atoms with van der Waals surface area (Å²) in [6.07, 6.45) is 0.756. The summed E-state index contributed by atoms with van der Waals surface area (Å²) in [7, 11) is 4.91. The minimum absolute atomic E-state index is 0.0179. The van der Waals surface area contributed by atoms with E-state index in [9.17, 15) is 9.59 Å². The van der Waals surface area contributed by atoms with Gasteiger partial charge < -0.3 is 14.1 Å². The fourth-order valence-electron chi connectivity index (χ4n) is 3.68. The summed E-state index contributed by atoms with van der Waals surface area (Å²) in [5, 5.41) is 2.61. The van der Waals surface area contributed by atoms with Crippen LogP contribution in [-0.2, 0) is 14.3 Å². The fraction of sp³-hybridized carbons (Fsp3) is 0.296. The van der Waals surface area contributed by atoms with Crippen molar-refractivity contribution < 1.29 is 18.7 Å². The lowest BCUT2D eigenvalue weighted by Crippen LogP contribution is -2.21. The number of hydrogen-bond donors (Lipinski definition) is 0. The molecule has 1 unspecified atom stereocenters. The van der Waals surface area contributed by atoms with Gasteiger partial charge in [-0.3, -0.25) is 9.59 Å². The molecule has 2 heterocycles. The Morgan fingerprint density at radius 1 is 1.03 bits per heavy atom. The number of fused-ring (bicyclic) bond motifs is 2. The van der Waals surface area contributed by atoms with Crippen molar-refractivity contribution in [3.05, 3.63) is 65.2 Å². The van der Waals surface area contributed by atoms with Crippen LogP contribution in [0.1, 0.15) is 23.0 Å². The first kappa shape index (κ1) is 26.4. The van der Waals surface area contributed by atoms with Crippen molar-refractivity contribution in [2.45, 2.75) is 17.4 Å². The van der Waals surface area contributed by atoms with Crippen LogP contribution in [0.5, 0.6) is 0 Å². The molecule has 2 aromatic heterocycles. The predicted octanol–water partition coefficient (Wildman–Crippen LogP) is 6.81. The minimum atomic E-state index is -0.241. The molecule has 0 radical (unpaired) electrons. The molecule has 0 fully saturated rings. The molecule has 0 aliphatic carbocycles. The van der Waals surface area contributed by atoms with E-state index in [0.717, 1.165) is 33.1 Å². The first-order valence-electron chi connectivity index (χ1n) is 11.4. The number of nitrogens with zero attached hydrogens (tertiary/aromatic N) is 2. The molecule has 1 amide bonds. The SMILES string of the molecule is COC(=O)CCSC(SCCC(=O)N(C)C)c1cccc2cc(-c3ccc4ccc(Cl)cc4n3)oc12. The normalized spacial score (nSPS) is 12.1. The lowest BCUT2D eigenvalue weighted by atomic mass is 10.1. The smallest absolute Gasteiger partial charge is 0.306 e. The third-order valence-corrected chi connectivity index (χ3v) is 8.67. The van der Waals surface area contributed by atoms with Crippen molar-refractivity contribution in [2.75, 3.05) is 32.7 Å². The van der Waals surface area contributed by atoms with Crippen molar-refractivity contribution in [2.24, 2.45) is 0 Å². The van der Waals surface area contributed by atoms with Crippen molar-refractivity contribution in [3.63, 3.8) is 0 Å². The van der Waals surface area contributed by atoms with E-state index in [1.807, 2.05) is 54.6 Å². The van der Waals surface area contributed by atoms with Crippen molar-refractivity contribution >= 4 is 68.9 Å². The molecular weight excluding hydrogens is 516 g/mol. The van der Waals surface area contributed by atoms with E-state index in [-0.39, 0.29) is 16.5 Å². The number of methoxy groups -OCH3 is 1. The van der Waals surface area contributed by atoms with E-state index in [0.29, 0.717) is 35.1 Å². The minimum Gasteiger partial charge on any atom is -0.469 e. The molecule has 188 valence electrons. The summed E-state index contributed by atoms with van der Waals surface area (Å²) in [6, 6.07) is 17.6. The highest BCUT2D eigenvalue weighted by Gasteiger charge is 2.21. The number of pyridine rings is 1. The highest BCUT2D eigenvalue weighted by molar-refractivity contribution is 8.16. The predicted molar refractivity (Wildman–Crippen MR) is 150 cm³/mol. The van der Waals surface area contributed by atoms with Gasteiger partial charge in [-0.25, -0.2) is 4.98 Å². The molecule has 0 saturated heterocycles. The number of carbonyl (C=O) groups is 2. The van der Waals surface area contributed by atoms with E-state index in [2.05, 4.69) is 0 Å². The lowest BCUT2D eigenvalue weighted by Gasteiger charge is -2.17. The highest BCUT2D eigenvalue weighted by Crippen LogP contribution is 2.44. The molecule has 6 nitrogen and oxygen atoms in total. The van der Waals surface area contributed by atoms with Crippen molar-refractivity contribution in [1.82, 2.24) is 9.88 Å². The van der Waals surface area contributed by atoms with Gasteiger partial charge in [0.25, 0.3) is 0 Å². The summed E-state index contributed by atoms with van der Waals surface area (Å²) in [5.74, 6) is 1.77. The Kier molecular flexibility index (Phi) is 8.82. The Morgan fingerprint density at radius 3 is 2.53 bits per heavy atom. The number of carbonyl (C=O) groups excluding carboxylic acids is 2. The van der Waals surface area contributed by atoms with E-state index < -0.39 is 0 Å². The van der Waals surface area contributed by atoms with Gasteiger partial charge in [-0.1, -0.05) is 41.9 Å². The molecule has 0 saturated carbocycles. The number of para-hydroxylation sites is 1. The quantitative estimate of drug-likeness (QED) is 0.161. The Hall–Kier alpha value is -2.68. The molecule has 36 heavy (non-hydrogen) atoms. The summed E-state index contributed by atoms with van der Waals surface area (Å²) in [6.45, 7) is 0. The molecule has 0 bridgehead atoms. The van der Waals surface area contributed by atoms with Gasteiger partial charge in [0.05, 0.1) is 23.6 Å². The number of aromatic nitrogens is 1. The first-order chi connectivity index (χ1) is 17.4. The van der Waals surface area contributed by atoms with Crippen LogP contribution >= 0.6 is 35.1 Å². The Labute approximate surface area is 223 Å². The number of rotatable bonds is 10. The lowest BCUT2D eigenvalue weighted by molar-refractivity contribution is -0.140. The summed E-state index contributed by atoms with van der Waals surface area (Å²) >= 11 is 9.49. The van der Waals surface area contributed by atoms with Crippen LogP contribution < -0.4 is 0 Å². The van der Waals surface area contributed by atoms with Gasteiger partial charge in [0.1, 0.15) is 11.3 Å². The monoisotopic (exact) mass is 542 g/mol. The van der Waals surface area contributed by atoms with Crippen LogP contribution in [0.3, 0.4) is 0 Å². The standard InChI is InChI=1S/C27H27ClN2O4S2/c1-30(2)24(31)11-13-35-27(36-14-12-25(32)33-3)20-6-4-5-18-15-23(34-26(18)20)21-10-8-17-7-9-19(28)16-22(17)29-21/h4-10,15-16,27H,11-14H2,1-3H3. The zero-order valence-corrected chi connectivity index (χ0v) is 22.7. The zero-order chi connectivity index (χ0) is 25.7. The van der Waals surface area contributed by atoms with Gasteiger partial charge in [0.2, 0.25) is 5.91 Å². The number of esters is 1. The Morgan fingerprint density at radius 2 is 1.78 bits per heavy atom. The molecule has 0 aliphatic rings. The van der Waals surface area contributed by atoms with E-state index in [1.54, 1.807) is 42.5 Å². The summed E-state index contributed by atoms with van der Waals surface area (Å²) in [5.41, 5.74) is 3.33. The number of halogens is 1. The Bertz CT molecular complexity index is 1390. The summed E-state index contributed by atoms with van der Waals surface area (Å²) in [4.78, 5) is 30.1. The van der Waals surface area contributed by atoms with Gasteiger partial charge in [0.15, 0.2) is 5.76 Å². The highest BCUT2D eigenvalue weighted by atomic mass is 35.5. The molecule has 0 spiro atoms. The number of amides is 1. The molecule has 9 heteroatoms. The largest absolute Gasteiger partial charge is 0.469 e. The van der Waals surface area contributed by atoms with Gasteiger partial charge >= 0.3 is 5.97 Å². The van der Waals surface area contributed by atoms with Crippen LogP contribution in [0, 0.1) is 0 Å². The number of thioether (sulfide) groups is 2. The van der Waals surface area contributed by atoms with Gasteiger partial charge in [0, 0.05) is 53.4 Å². The second-order valence-corrected chi connectivity index (χ2v) is 11.5. The van der Waals surface area contributed by atoms with Crippen LogP contribution in [0.25, 0.3) is 33.3 Å². The molecular formula is C27H27ClN2O4S2. The average Bonchev–Trinajstić information content (AvgIpc) is 3.31. The van der Waals surface area contributed by atoms with Gasteiger partial charge in [-0.15, -0.1) is 23.5 Å². The zero-order valence-electron chi connectivity index (χ0n) is 20.3. The van der Waals surface area contributed by atoms with Crippen LogP contribution in [0.4, 0.5) is 0 Å². The molecule has 0 N–H and O–H groups in total. The maximum atomic E-state index is 12.1. The molecule has 4 aromatic rings. The Balaban J connectivity index is 1.63. The fourth-order valence-corrected chi connectivity index (χ4v) is 6.55. The molecule has 1 atom stereocenters. The summed E-state index contributed by atoms with van der Waals surface area (Å²) < 4.78 is 11.1. The first-order valence-corrected chi connectivity index (χ1v) is 13.9. The van der Waals surface area contributed by atoms with Crippen LogP contribution in [-0.4, -0.2) is 54.5 Å². The molecule has 2 aromatic carbocycles. The molecule has 0 aliphatic heterocycles. The van der Waals surface area contributed by atoms with Gasteiger partial charge in [-0.05, 0) is 24.3 Å². The van der Waals surface area contributed by atoms with Crippen molar-refractivity contribution in [1.29, 1.82) is 0 Å². The molecule has 4 rings (SSSR count). The average molecular weight is 543 g/mol. The maximum Gasteiger partial charge on any atom is 0.306 e. The van der Waals surface area contributed by atoms with E-state index in [1.165, 1.54) is 7.11 Å². The van der Waals surface area contributed by atoms with Gasteiger partial charge in [-0.2, -0.15) is 0 Å². The van der Waals surface area contributed by atoms with E-state index >= 15 is 0 Å². The number of furan rings is 1. The second kappa shape index (κ2) is 12.0. The maximum absolute atomic E-state index is 12.1. The second-order valence-electron chi connectivity index (χ2n) is 8.35. The van der Waals surface area contributed by atoms with Crippen molar-refractivity contribution in [3.8, 4) is 11.5 Å². The number of ether oxygens (including phenoxy) is 1. The number of hydrogen-bond acceptors (Lipinski definition) is 7. The van der Waals surface area contributed by atoms with Crippen LogP contribution in [0.2, 0.25) is 5.02 Å². The van der Waals surface area contributed by atoms with Crippen LogP contribution in [0.15, 0.2) is 59.0 Å². The third-order valence-electron chi connectivity index (χ3n) is 5.62. The van der Waals surface area contributed by atoms with E-state index in [4.69, 9.17) is 25.7 Å². The number of benzene rings is 2. The topological polar surface area (TPSA) is 72.6 Å².